The minimum atomic E-state index is -0.285. The first-order valence-corrected chi connectivity index (χ1v) is 8.95. The average molecular weight is 382 g/mol. The summed E-state index contributed by atoms with van der Waals surface area (Å²) in [6.07, 6.45) is 2.29. The fraction of sp³-hybridized carbons (Fsp3) is 0.238. The first-order chi connectivity index (χ1) is 13.7. The van der Waals surface area contributed by atoms with E-state index in [1.54, 1.807) is 32.6 Å². The Morgan fingerprint density at radius 2 is 2.00 bits per heavy atom. The molecule has 0 saturated carbocycles. The van der Waals surface area contributed by atoms with Gasteiger partial charge in [-0.3, -0.25) is 4.99 Å². The van der Waals surface area contributed by atoms with E-state index < -0.39 is 0 Å². The standard InChI is InChI=1S/C21H23FN4O2/c1-23-21(25-13-15-4-3-5-19(12-15)27-2)24-11-10-18-14-28-20(26-18)16-6-8-17(22)9-7-16/h3-9,12,14H,10-11,13H2,1-2H3,(H2,23,24,25). The molecule has 0 aliphatic carbocycles. The SMILES string of the molecule is CN=C(NCCc1coc(-c2ccc(F)cc2)n1)NCc1cccc(OC)c1. The quantitative estimate of drug-likeness (QED) is 0.484. The average Bonchev–Trinajstić information content (AvgIpc) is 3.20. The number of aromatic nitrogens is 1. The summed E-state index contributed by atoms with van der Waals surface area (Å²) in [6, 6.07) is 13.9. The van der Waals surface area contributed by atoms with Gasteiger partial charge in [0.2, 0.25) is 5.89 Å². The van der Waals surface area contributed by atoms with E-state index in [1.165, 1.54) is 12.1 Å². The number of nitrogens with zero attached hydrogens (tertiary/aromatic N) is 2. The third kappa shape index (κ3) is 5.33. The van der Waals surface area contributed by atoms with Crippen LogP contribution in [0, 0.1) is 5.82 Å². The van der Waals surface area contributed by atoms with E-state index >= 15 is 0 Å². The van der Waals surface area contributed by atoms with Crippen molar-refractivity contribution < 1.29 is 13.5 Å². The molecular formula is C21H23FN4O2. The molecule has 1 aromatic heterocycles. The third-order valence-electron chi connectivity index (χ3n) is 4.13. The molecular weight excluding hydrogens is 359 g/mol. The maximum atomic E-state index is 13.0. The molecule has 0 spiro atoms. The van der Waals surface area contributed by atoms with Crippen molar-refractivity contribution in [3.05, 3.63) is 71.9 Å². The first-order valence-electron chi connectivity index (χ1n) is 8.95. The molecule has 0 aliphatic rings. The normalized spacial score (nSPS) is 11.3. The Hall–Kier alpha value is -3.35. The highest BCUT2D eigenvalue weighted by Crippen LogP contribution is 2.19. The lowest BCUT2D eigenvalue weighted by molar-refractivity contribution is 0.414. The van der Waals surface area contributed by atoms with Crippen LogP contribution in [-0.2, 0) is 13.0 Å². The molecule has 0 aliphatic heterocycles. The molecule has 0 unspecified atom stereocenters. The number of nitrogens with one attached hydrogen (secondary N) is 2. The van der Waals surface area contributed by atoms with Crippen molar-refractivity contribution in [1.82, 2.24) is 15.6 Å². The van der Waals surface area contributed by atoms with E-state index in [0.717, 1.165) is 22.6 Å². The van der Waals surface area contributed by atoms with E-state index in [0.29, 0.717) is 31.4 Å². The number of benzene rings is 2. The zero-order valence-electron chi connectivity index (χ0n) is 15.9. The summed E-state index contributed by atoms with van der Waals surface area (Å²) in [4.78, 5) is 8.66. The molecule has 0 bridgehead atoms. The summed E-state index contributed by atoms with van der Waals surface area (Å²) in [5.41, 5.74) is 2.66. The Bertz CT molecular complexity index is 922. The van der Waals surface area contributed by atoms with Gasteiger partial charge in [-0.1, -0.05) is 12.1 Å². The summed E-state index contributed by atoms with van der Waals surface area (Å²) < 4.78 is 23.7. The molecule has 0 fully saturated rings. The maximum absolute atomic E-state index is 13.0. The number of ether oxygens (including phenoxy) is 1. The van der Waals surface area contributed by atoms with Gasteiger partial charge in [0.25, 0.3) is 0 Å². The Balaban J connectivity index is 1.47. The van der Waals surface area contributed by atoms with Gasteiger partial charge < -0.3 is 19.8 Å². The van der Waals surface area contributed by atoms with Crippen molar-refractivity contribution in [2.45, 2.75) is 13.0 Å². The fourth-order valence-electron chi connectivity index (χ4n) is 2.64. The molecule has 7 heteroatoms. The monoisotopic (exact) mass is 382 g/mol. The molecule has 1 heterocycles. The molecule has 0 amide bonds. The van der Waals surface area contributed by atoms with Crippen molar-refractivity contribution in [2.75, 3.05) is 20.7 Å². The highest BCUT2D eigenvalue weighted by atomic mass is 19.1. The van der Waals surface area contributed by atoms with Crippen LogP contribution in [0.3, 0.4) is 0 Å². The van der Waals surface area contributed by atoms with Gasteiger partial charge in [0.1, 0.15) is 17.8 Å². The highest BCUT2D eigenvalue weighted by Gasteiger charge is 2.07. The van der Waals surface area contributed by atoms with Gasteiger partial charge in [-0.15, -0.1) is 0 Å². The largest absolute Gasteiger partial charge is 0.497 e. The van der Waals surface area contributed by atoms with Crippen LogP contribution in [0.2, 0.25) is 0 Å². The summed E-state index contributed by atoms with van der Waals surface area (Å²) in [7, 11) is 3.38. The minimum Gasteiger partial charge on any atom is -0.497 e. The smallest absolute Gasteiger partial charge is 0.226 e. The molecule has 2 N–H and O–H groups in total. The van der Waals surface area contributed by atoms with Crippen molar-refractivity contribution >= 4 is 5.96 Å². The Kier molecular flexibility index (Phi) is 6.62. The molecule has 3 aromatic rings. The number of rotatable bonds is 7. The third-order valence-corrected chi connectivity index (χ3v) is 4.13. The number of oxazole rings is 1. The second-order valence-corrected chi connectivity index (χ2v) is 6.10. The van der Waals surface area contributed by atoms with Gasteiger partial charge in [-0.2, -0.15) is 0 Å². The van der Waals surface area contributed by atoms with E-state index in [9.17, 15) is 4.39 Å². The zero-order chi connectivity index (χ0) is 19.8. The number of guanidine groups is 1. The van der Waals surface area contributed by atoms with Gasteiger partial charge in [-0.25, -0.2) is 9.37 Å². The molecule has 6 nitrogen and oxygen atoms in total. The van der Waals surface area contributed by atoms with Gasteiger partial charge in [0, 0.05) is 32.1 Å². The summed E-state index contributed by atoms with van der Waals surface area (Å²) >= 11 is 0. The van der Waals surface area contributed by atoms with Crippen molar-refractivity contribution in [2.24, 2.45) is 4.99 Å². The first kappa shape index (κ1) is 19.4. The highest BCUT2D eigenvalue weighted by molar-refractivity contribution is 5.79. The second kappa shape index (κ2) is 9.55. The fourth-order valence-corrected chi connectivity index (χ4v) is 2.64. The molecule has 3 rings (SSSR count). The number of hydrogen-bond acceptors (Lipinski definition) is 4. The predicted molar refractivity (Wildman–Crippen MR) is 107 cm³/mol. The van der Waals surface area contributed by atoms with Crippen LogP contribution < -0.4 is 15.4 Å². The summed E-state index contributed by atoms with van der Waals surface area (Å²) in [5.74, 6) is 1.72. The summed E-state index contributed by atoms with van der Waals surface area (Å²) in [6.45, 7) is 1.28. The Morgan fingerprint density at radius 3 is 2.75 bits per heavy atom. The maximum Gasteiger partial charge on any atom is 0.226 e. The van der Waals surface area contributed by atoms with Crippen molar-refractivity contribution in [3.63, 3.8) is 0 Å². The van der Waals surface area contributed by atoms with Gasteiger partial charge in [0.15, 0.2) is 5.96 Å². The van der Waals surface area contributed by atoms with Gasteiger partial charge >= 0.3 is 0 Å². The lowest BCUT2D eigenvalue weighted by atomic mass is 10.2. The molecule has 146 valence electrons. The Morgan fingerprint density at radius 1 is 1.18 bits per heavy atom. The van der Waals surface area contributed by atoms with Crippen molar-refractivity contribution in [1.29, 1.82) is 0 Å². The second-order valence-electron chi connectivity index (χ2n) is 6.10. The van der Waals surface area contributed by atoms with Crippen LogP contribution in [-0.4, -0.2) is 31.6 Å². The van der Waals surface area contributed by atoms with E-state index in [2.05, 4.69) is 20.6 Å². The lowest BCUT2D eigenvalue weighted by Gasteiger charge is -2.12. The van der Waals surface area contributed by atoms with E-state index in [4.69, 9.17) is 9.15 Å². The number of halogens is 1. The summed E-state index contributed by atoms with van der Waals surface area (Å²) in [5, 5.41) is 6.51. The minimum absolute atomic E-state index is 0.285. The topological polar surface area (TPSA) is 71.7 Å². The number of aliphatic imine (C=N–C) groups is 1. The van der Waals surface area contributed by atoms with Crippen LogP contribution in [0.5, 0.6) is 5.75 Å². The van der Waals surface area contributed by atoms with Crippen LogP contribution in [0.1, 0.15) is 11.3 Å². The number of methoxy groups -OCH3 is 1. The zero-order valence-corrected chi connectivity index (χ0v) is 15.9. The van der Waals surface area contributed by atoms with Crippen LogP contribution in [0.25, 0.3) is 11.5 Å². The molecule has 0 saturated heterocycles. The molecule has 28 heavy (non-hydrogen) atoms. The number of hydrogen-bond donors (Lipinski definition) is 2. The van der Waals surface area contributed by atoms with Crippen LogP contribution >= 0.6 is 0 Å². The van der Waals surface area contributed by atoms with E-state index in [-0.39, 0.29) is 5.82 Å². The van der Waals surface area contributed by atoms with Gasteiger partial charge in [0.05, 0.1) is 12.8 Å². The van der Waals surface area contributed by atoms with Gasteiger partial charge in [-0.05, 0) is 42.0 Å². The Labute approximate surface area is 163 Å². The molecule has 2 aromatic carbocycles. The van der Waals surface area contributed by atoms with E-state index in [1.807, 2.05) is 24.3 Å². The molecule has 0 radical (unpaired) electrons. The molecule has 0 atom stereocenters. The predicted octanol–water partition coefficient (Wildman–Crippen LogP) is 3.40. The van der Waals surface area contributed by atoms with Crippen LogP contribution in [0.15, 0.2) is 64.2 Å². The van der Waals surface area contributed by atoms with Crippen molar-refractivity contribution in [3.8, 4) is 17.2 Å². The van der Waals surface area contributed by atoms with Crippen LogP contribution in [0.4, 0.5) is 4.39 Å². The lowest BCUT2D eigenvalue weighted by Crippen LogP contribution is -2.37.